The van der Waals surface area contributed by atoms with Gasteiger partial charge in [-0.15, -0.1) is 0 Å². The van der Waals surface area contributed by atoms with E-state index in [0.717, 1.165) is 60.1 Å². The van der Waals surface area contributed by atoms with Crippen molar-refractivity contribution in [2.45, 2.75) is 70.9 Å². The zero-order valence-electron chi connectivity index (χ0n) is 30.2. The van der Waals surface area contributed by atoms with Gasteiger partial charge in [0, 0.05) is 67.6 Å². The molecule has 2 aromatic heterocycles. The average molecular weight is 701 g/mol. The van der Waals surface area contributed by atoms with Gasteiger partial charge in [-0.05, 0) is 90.0 Å². The second-order valence-corrected chi connectivity index (χ2v) is 14.5. The number of hydrogen-bond donors (Lipinski definition) is 4. The van der Waals surface area contributed by atoms with Crippen LogP contribution in [0.15, 0.2) is 109 Å². The lowest BCUT2D eigenvalue weighted by Crippen LogP contribution is -2.32. The summed E-state index contributed by atoms with van der Waals surface area (Å²) >= 11 is 0. The van der Waals surface area contributed by atoms with E-state index >= 15 is 0 Å². The molecule has 0 fully saturated rings. The lowest BCUT2D eigenvalue weighted by Gasteiger charge is -2.38. The highest BCUT2D eigenvalue weighted by atomic mass is 16.5. The van der Waals surface area contributed by atoms with Gasteiger partial charge in [-0.2, -0.15) is 0 Å². The summed E-state index contributed by atoms with van der Waals surface area (Å²) < 4.78 is 13.4. The second kappa shape index (κ2) is 15.0. The molecule has 52 heavy (non-hydrogen) atoms. The maximum Gasteiger partial charge on any atom is 0.302 e. The molecule has 2 aliphatic heterocycles. The number of nitrogens with one attached hydrogen (secondary N) is 3. The summed E-state index contributed by atoms with van der Waals surface area (Å²) in [6.45, 7) is 4.40. The van der Waals surface area contributed by atoms with Gasteiger partial charge in [-0.25, -0.2) is 0 Å². The first-order valence-corrected chi connectivity index (χ1v) is 18.3. The van der Waals surface area contributed by atoms with Gasteiger partial charge in [0.25, 0.3) is 0 Å². The summed E-state index contributed by atoms with van der Waals surface area (Å²) in [5.41, 5.74) is 5.43. The van der Waals surface area contributed by atoms with Crippen molar-refractivity contribution < 1.29 is 24.2 Å². The number of phenolic OH excluding ortho intramolecular Hbond substituents is 1. The first kappa shape index (κ1) is 35.0. The van der Waals surface area contributed by atoms with E-state index in [1.54, 1.807) is 12.1 Å². The number of benzene rings is 2. The third-order valence-corrected chi connectivity index (χ3v) is 11.0. The van der Waals surface area contributed by atoms with Gasteiger partial charge in [-0.3, -0.25) is 9.59 Å². The average Bonchev–Trinajstić information content (AvgIpc) is 3.77. The Labute approximate surface area is 305 Å². The van der Waals surface area contributed by atoms with Crippen molar-refractivity contribution in [2.24, 2.45) is 11.3 Å². The monoisotopic (exact) mass is 700 g/mol. The van der Waals surface area contributed by atoms with E-state index in [-0.39, 0.29) is 35.7 Å². The summed E-state index contributed by atoms with van der Waals surface area (Å²) in [6.07, 6.45) is 25.3. The van der Waals surface area contributed by atoms with Gasteiger partial charge in [0.05, 0.1) is 13.2 Å². The fourth-order valence-corrected chi connectivity index (χ4v) is 8.08. The molecule has 4 N–H and O–H groups in total. The Balaban J connectivity index is 1.29. The van der Waals surface area contributed by atoms with Crippen LogP contribution in [0, 0.1) is 11.3 Å². The van der Waals surface area contributed by atoms with Crippen molar-refractivity contribution in [3.8, 4) is 11.5 Å². The number of Topliss-reactive ketones (excluding diaryl/α,β-unsaturated/α-hetero) is 1. The maximum atomic E-state index is 14.2. The molecule has 4 heterocycles. The summed E-state index contributed by atoms with van der Waals surface area (Å²) in [7, 11) is 1.52. The SMILES string of the molecule is COc1cc([C@@H]2CC(=O)C[C@H](OC(C)=O)CC[C@@]3(C=CC=C[C@@H]3C)Cc3c[nH]cc3CCC3=CCNC(=C3)Nc3cccc4cn2cc34)ccc1O. The number of hydrogen-bond acceptors (Lipinski definition) is 7. The highest BCUT2D eigenvalue weighted by molar-refractivity contribution is 5.94. The van der Waals surface area contributed by atoms with Crippen molar-refractivity contribution in [1.29, 1.82) is 0 Å². The number of methoxy groups -OCH3 is 1. The number of esters is 1. The van der Waals surface area contributed by atoms with Gasteiger partial charge >= 0.3 is 5.97 Å². The smallest absolute Gasteiger partial charge is 0.302 e. The van der Waals surface area contributed by atoms with Crippen LogP contribution < -0.4 is 15.4 Å². The molecule has 7 rings (SSSR count). The number of nitrogens with zero attached hydrogens (tertiary/aromatic N) is 1. The number of phenols is 1. The summed E-state index contributed by atoms with van der Waals surface area (Å²) in [6, 6.07) is 11.0. The molecule has 0 saturated carbocycles. The Morgan fingerprint density at radius 2 is 1.92 bits per heavy atom. The number of aromatic hydroxyl groups is 1. The van der Waals surface area contributed by atoms with E-state index in [1.807, 2.05) is 12.1 Å². The summed E-state index contributed by atoms with van der Waals surface area (Å²) in [5.74, 6) is 1.15. The first-order valence-electron chi connectivity index (χ1n) is 18.3. The van der Waals surface area contributed by atoms with Gasteiger partial charge in [0.15, 0.2) is 11.5 Å². The van der Waals surface area contributed by atoms with Crippen LogP contribution in [0.25, 0.3) is 10.8 Å². The van der Waals surface area contributed by atoms with Crippen molar-refractivity contribution in [2.75, 3.05) is 19.0 Å². The zero-order valence-corrected chi connectivity index (χ0v) is 30.2. The highest BCUT2D eigenvalue weighted by Gasteiger charge is 2.36. The van der Waals surface area contributed by atoms with E-state index in [0.29, 0.717) is 12.2 Å². The van der Waals surface area contributed by atoms with Gasteiger partial charge in [0.1, 0.15) is 17.7 Å². The number of aromatic amines is 1. The molecule has 9 nitrogen and oxygen atoms in total. The van der Waals surface area contributed by atoms with Crippen LogP contribution in [0.1, 0.15) is 68.7 Å². The minimum absolute atomic E-state index is 0.0183. The molecular weight excluding hydrogens is 652 g/mol. The van der Waals surface area contributed by atoms with Crippen LogP contribution in [-0.4, -0.2) is 46.2 Å². The van der Waals surface area contributed by atoms with Gasteiger partial charge < -0.3 is 34.8 Å². The van der Waals surface area contributed by atoms with Crippen LogP contribution in [0.2, 0.25) is 0 Å². The van der Waals surface area contributed by atoms with E-state index in [4.69, 9.17) is 9.47 Å². The maximum absolute atomic E-state index is 14.2. The molecule has 2 aromatic carbocycles. The molecule has 270 valence electrons. The number of anilines is 1. The third kappa shape index (κ3) is 7.59. The van der Waals surface area contributed by atoms with E-state index in [9.17, 15) is 14.7 Å². The largest absolute Gasteiger partial charge is 0.504 e. The molecule has 0 radical (unpaired) electrons. The number of carbonyl (C=O) groups excluding carboxylic acids is 2. The van der Waals surface area contributed by atoms with Crippen molar-refractivity contribution in [3.05, 3.63) is 126 Å². The van der Waals surface area contributed by atoms with Crippen LogP contribution in [0.4, 0.5) is 5.69 Å². The molecule has 0 amide bonds. The topological polar surface area (TPSA) is 118 Å². The van der Waals surface area contributed by atoms with Gasteiger partial charge in [0.2, 0.25) is 0 Å². The molecule has 3 aliphatic rings. The molecular formula is C43H48N4O5. The molecule has 4 atom stereocenters. The van der Waals surface area contributed by atoms with E-state index < -0.39 is 18.1 Å². The van der Waals surface area contributed by atoms with E-state index in [2.05, 4.69) is 100 Å². The fourth-order valence-electron chi connectivity index (χ4n) is 8.08. The van der Waals surface area contributed by atoms with Crippen LogP contribution >= 0.6 is 0 Å². The number of dihydropyridines is 1. The molecule has 0 unspecified atom stereocenters. The zero-order chi connectivity index (χ0) is 36.2. The lowest BCUT2D eigenvalue weighted by molar-refractivity contribution is -0.148. The third-order valence-electron chi connectivity index (χ3n) is 11.0. The minimum atomic E-state index is -0.561. The standard InChI is InChI=1S/C43H48N4O5/c1-28-7-4-5-16-43(28)17-14-36(52-29(2)48)21-35(49)22-39(31-12-13-40(50)41(20-31)51-3)47-26-33-8-6-9-38(37(33)27-47)46-42-19-30(15-18-45-42)10-11-32-24-44-25-34(32)23-43/h4-9,12-13,15-16,19-20,24-28,36,39,44-46,50H,10-11,14,17-18,21-23H2,1-3H3/t28-,36+,39-,43-/m0/s1. The Morgan fingerprint density at radius 3 is 2.75 bits per heavy atom. The Bertz CT molecular complexity index is 2080. The predicted octanol–water partition coefficient (Wildman–Crippen LogP) is 8.05. The Morgan fingerprint density at radius 1 is 1.06 bits per heavy atom. The molecule has 4 bridgehead atoms. The number of aryl methyl sites for hydroxylation is 1. The predicted molar refractivity (Wildman–Crippen MR) is 204 cm³/mol. The molecule has 9 heteroatoms. The van der Waals surface area contributed by atoms with Gasteiger partial charge in [-0.1, -0.05) is 55.5 Å². The van der Waals surface area contributed by atoms with Crippen molar-refractivity contribution in [1.82, 2.24) is 14.9 Å². The highest BCUT2D eigenvalue weighted by Crippen LogP contribution is 2.43. The summed E-state index contributed by atoms with van der Waals surface area (Å²) in [5, 5.41) is 19.6. The van der Waals surface area contributed by atoms with Crippen molar-refractivity contribution >= 4 is 28.2 Å². The Kier molecular flexibility index (Phi) is 10.1. The van der Waals surface area contributed by atoms with Crippen molar-refractivity contribution in [3.63, 3.8) is 0 Å². The number of H-pyrrole nitrogens is 1. The normalized spacial score (nSPS) is 23.9. The molecule has 1 aliphatic carbocycles. The number of ketones is 1. The van der Waals surface area contributed by atoms with E-state index in [1.165, 1.54) is 30.7 Å². The molecule has 1 spiro atoms. The number of fused-ring (bicyclic) bond motifs is 3. The first-order chi connectivity index (χ1) is 25.2. The Hall–Kier alpha value is -5.44. The van der Waals surface area contributed by atoms with Crippen LogP contribution in [-0.2, 0) is 27.2 Å². The lowest BCUT2D eigenvalue weighted by atomic mass is 9.66. The minimum Gasteiger partial charge on any atom is -0.504 e. The molecule has 4 aromatic rings. The number of ether oxygens (including phenoxy) is 2. The summed E-state index contributed by atoms with van der Waals surface area (Å²) in [4.78, 5) is 30.0. The number of aromatic nitrogens is 2. The fraction of sp³-hybridized carbons (Fsp3) is 0.349. The number of rotatable bonds is 3. The number of carbonyl (C=O) groups is 2. The number of allylic oxidation sites excluding steroid dienone is 6. The van der Waals surface area contributed by atoms with Crippen LogP contribution in [0.5, 0.6) is 11.5 Å². The second-order valence-electron chi connectivity index (χ2n) is 14.5. The quantitative estimate of drug-likeness (QED) is 0.160. The van der Waals surface area contributed by atoms with Crippen LogP contribution in [0.3, 0.4) is 0 Å². The molecule has 0 saturated heterocycles.